The van der Waals surface area contributed by atoms with Crippen molar-refractivity contribution in [2.24, 2.45) is 0 Å². The summed E-state index contributed by atoms with van der Waals surface area (Å²) in [7, 11) is 0. The van der Waals surface area contributed by atoms with Gasteiger partial charge in [-0.15, -0.1) is 0 Å². The van der Waals surface area contributed by atoms with Crippen LogP contribution in [0.15, 0.2) is 0 Å². The maximum Gasteiger partial charge on any atom is 0.248 e. The fourth-order valence-electron chi connectivity index (χ4n) is 2.12. The van der Waals surface area contributed by atoms with Crippen molar-refractivity contribution in [3.05, 3.63) is 0 Å². The molecule has 0 aliphatic carbocycles. The molecule has 1 aliphatic heterocycles. The Morgan fingerprint density at radius 1 is 1.39 bits per heavy atom. The second kappa shape index (κ2) is 6.18. The highest BCUT2D eigenvalue weighted by Crippen LogP contribution is 2.17. The number of hydrogen-bond acceptors (Lipinski definition) is 3. The quantitative estimate of drug-likeness (QED) is 0.744. The van der Waals surface area contributed by atoms with Crippen LogP contribution in [0.1, 0.15) is 40.5 Å². The molecule has 0 aromatic heterocycles. The number of nitrogens with one attached hydrogen (secondary N) is 1. The van der Waals surface area contributed by atoms with Crippen LogP contribution in [0.3, 0.4) is 0 Å². The lowest BCUT2D eigenvalue weighted by molar-refractivity contribution is -0.139. The second-order valence-electron chi connectivity index (χ2n) is 5.34. The predicted molar refractivity (Wildman–Crippen MR) is 69.1 cm³/mol. The molecule has 0 saturated carbocycles. The fourth-order valence-corrected chi connectivity index (χ4v) is 2.12. The predicted octanol–water partition coefficient (Wildman–Crippen LogP) is 0.929. The summed E-state index contributed by atoms with van der Waals surface area (Å²) in [4.78, 5) is 25.7. The number of carbonyl (C=O) groups is 2. The molecule has 0 aromatic carbocycles. The molecule has 5 heteroatoms. The zero-order chi connectivity index (χ0) is 13.8. The van der Waals surface area contributed by atoms with E-state index in [1.54, 1.807) is 18.7 Å². The summed E-state index contributed by atoms with van der Waals surface area (Å²) < 4.78 is 5.42. The monoisotopic (exact) mass is 256 g/mol. The van der Waals surface area contributed by atoms with Crippen LogP contribution in [0.25, 0.3) is 0 Å². The molecular weight excluding hydrogens is 232 g/mol. The van der Waals surface area contributed by atoms with Gasteiger partial charge >= 0.3 is 0 Å². The van der Waals surface area contributed by atoms with Gasteiger partial charge in [0.1, 0.15) is 5.54 Å². The van der Waals surface area contributed by atoms with E-state index in [-0.39, 0.29) is 17.9 Å². The van der Waals surface area contributed by atoms with Crippen LogP contribution in [0, 0.1) is 0 Å². The van der Waals surface area contributed by atoms with E-state index in [4.69, 9.17) is 4.74 Å². The molecule has 1 N–H and O–H groups in total. The maximum atomic E-state index is 12.3. The number of amides is 2. The minimum Gasteiger partial charge on any atom is -0.380 e. The lowest BCUT2D eigenvalue weighted by atomic mass is 10.0. The zero-order valence-electron chi connectivity index (χ0n) is 11.8. The van der Waals surface area contributed by atoms with E-state index in [9.17, 15) is 9.59 Å². The van der Waals surface area contributed by atoms with E-state index in [1.165, 1.54) is 0 Å². The molecule has 1 atom stereocenters. The van der Waals surface area contributed by atoms with E-state index in [2.05, 4.69) is 5.32 Å². The van der Waals surface area contributed by atoms with Crippen molar-refractivity contribution in [3.63, 3.8) is 0 Å². The fraction of sp³-hybridized carbons (Fsp3) is 0.846. The molecule has 1 heterocycles. The van der Waals surface area contributed by atoms with Gasteiger partial charge in [-0.25, -0.2) is 0 Å². The summed E-state index contributed by atoms with van der Waals surface area (Å²) in [5, 5.41) is 2.76. The van der Waals surface area contributed by atoms with Gasteiger partial charge in [-0.05, 0) is 27.2 Å². The third-order valence-electron chi connectivity index (χ3n) is 3.09. The molecule has 1 saturated heterocycles. The van der Waals surface area contributed by atoms with Crippen LogP contribution in [0.5, 0.6) is 0 Å². The first kappa shape index (κ1) is 15.0. The average molecular weight is 256 g/mol. The third-order valence-corrected chi connectivity index (χ3v) is 3.09. The van der Waals surface area contributed by atoms with Crippen LogP contribution in [-0.4, -0.2) is 48.1 Å². The van der Waals surface area contributed by atoms with Crippen molar-refractivity contribution in [2.75, 3.05) is 19.8 Å². The van der Waals surface area contributed by atoms with Crippen LogP contribution in [-0.2, 0) is 14.3 Å². The van der Waals surface area contributed by atoms with E-state index >= 15 is 0 Å². The molecule has 2 amide bonds. The molecule has 1 aliphatic rings. The lowest BCUT2D eigenvalue weighted by Crippen LogP contribution is -2.54. The van der Waals surface area contributed by atoms with E-state index in [0.717, 1.165) is 6.42 Å². The highest BCUT2D eigenvalue weighted by atomic mass is 16.5. The van der Waals surface area contributed by atoms with E-state index < -0.39 is 5.54 Å². The van der Waals surface area contributed by atoms with Crippen molar-refractivity contribution >= 4 is 11.8 Å². The highest BCUT2D eigenvalue weighted by molar-refractivity contribution is 5.93. The molecule has 0 spiro atoms. The molecular formula is C13H24N2O3. The molecule has 1 unspecified atom stereocenters. The Bertz CT molecular complexity index is 315. The standard InChI is InChI=1S/C13H24N2O3/c1-5-7-18-8-6-15-10(2)9-11(16)14-13(3,4)12(15)17/h10H,5-9H2,1-4H3,(H,14,16). The highest BCUT2D eigenvalue weighted by Gasteiger charge is 2.39. The first-order valence-corrected chi connectivity index (χ1v) is 6.58. The summed E-state index contributed by atoms with van der Waals surface area (Å²) in [6, 6.07) is -0.0792. The SMILES string of the molecule is CCCOCCN1C(=O)C(C)(C)NC(=O)CC1C. The molecule has 0 bridgehead atoms. The first-order chi connectivity index (χ1) is 8.38. The van der Waals surface area contributed by atoms with Gasteiger partial charge in [0.15, 0.2) is 0 Å². The van der Waals surface area contributed by atoms with Gasteiger partial charge in [0.05, 0.1) is 6.61 Å². The zero-order valence-corrected chi connectivity index (χ0v) is 11.8. The van der Waals surface area contributed by atoms with Gasteiger partial charge in [-0.2, -0.15) is 0 Å². The van der Waals surface area contributed by atoms with Crippen LogP contribution in [0.4, 0.5) is 0 Å². The van der Waals surface area contributed by atoms with Gasteiger partial charge in [-0.1, -0.05) is 6.92 Å². The molecule has 1 rings (SSSR count). The van der Waals surface area contributed by atoms with E-state index in [0.29, 0.717) is 26.2 Å². The summed E-state index contributed by atoms with van der Waals surface area (Å²) in [5.41, 5.74) is -0.827. The summed E-state index contributed by atoms with van der Waals surface area (Å²) in [5.74, 6) is -0.112. The number of carbonyl (C=O) groups excluding carboxylic acids is 2. The Morgan fingerprint density at radius 2 is 2.06 bits per heavy atom. The summed E-state index contributed by atoms with van der Waals surface area (Å²) >= 11 is 0. The Labute approximate surface area is 109 Å². The minimum atomic E-state index is -0.827. The Balaban J connectivity index is 2.67. The minimum absolute atomic E-state index is 0.0408. The number of hydrogen-bond donors (Lipinski definition) is 1. The summed E-state index contributed by atoms with van der Waals surface area (Å²) in [6.45, 7) is 9.20. The molecule has 104 valence electrons. The van der Waals surface area contributed by atoms with Gasteiger partial charge in [0.2, 0.25) is 11.8 Å². The van der Waals surface area contributed by atoms with Crippen molar-refractivity contribution in [1.82, 2.24) is 10.2 Å². The average Bonchev–Trinajstić information content (AvgIpc) is 2.32. The third kappa shape index (κ3) is 3.70. The van der Waals surface area contributed by atoms with Gasteiger partial charge < -0.3 is 15.0 Å². The van der Waals surface area contributed by atoms with Crippen molar-refractivity contribution in [2.45, 2.75) is 52.1 Å². The summed E-state index contributed by atoms with van der Waals surface area (Å²) in [6.07, 6.45) is 1.32. The Hall–Kier alpha value is -1.10. The molecule has 1 fully saturated rings. The van der Waals surface area contributed by atoms with Crippen LogP contribution in [0.2, 0.25) is 0 Å². The molecule has 0 aromatic rings. The number of nitrogens with zero attached hydrogens (tertiary/aromatic N) is 1. The topological polar surface area (TPSA) is 58.6 Å². The smallest absolute Gasteiger partial charge is 0.248 e. The number of rotatable bonds is 5. The molecule has 5 nitrogen and oxygen atoms in total. The van der Waals surface area contributed by atoms with Gasteiger partial charge in [0, 0.05) is 25.6 Å². The van der Waals surface area contributed by atoms with Crippen LogP contribution >= 0.6 is 0 Å². The first-order valence-electron chi connectivity index (χ1n) is 6.58. The Kier molecular flexibility index (Phi) is 5.14. The second-order valence-corrected chi connectivity index (χ2v) is 5.34. The number of ether oxygens (including phenoxy) is 1. The van der Waals surface area contributed by atoms with E-state index in [1.807, 2.05) is 13.8 Å². The van der Waals surface area contributed by atoms with Crippen molar-refractivity contribution in [1.29, 1.82) is 0 Å². The maximum absolute atomic E-state index is 12.3. The van der Waals surface area contributed by atoms with Gasteiger partial charge in [-0.3, -0.25) is 9.59 Å². The van der Waals surface area contributed by atoms with Crippen molar-refractivity contribution < 1.29 is 14.3 Å². The lowest BCUT2D eigenvalue weighted by Gasteiger charge is -2.31. The van der Waals surface area contributed by atoms with Crippen molar-refractivity contribution in [3.8, 4) is 0 Å². The van der Waals surface area contributed by atoms with Crippen LogP contribution < -0.4 is 5.32 Å². The van der Waals surface area contributed by atoms with Gasteiger partial charge in [0.25, 0.3) is 0 Å². The molecule has 18 heavy (non-hydrogen) atoms. The Morgan fingerprint density at radius 3 is 2.67 bits per heavy atom. The largest absolute Gasteiger partial charge is 0.380 e. The molecule has 0 radical (unpaired) electrons. The normalized spacial score (nSPS) is 23.8.